The summed E-state index contributed by atoms with van der Waals surface area (Å²) in [5.41, 5.74) is -0.601. The summed E-state index contributed by atoms with van der Waals surface area (Å²) in [6, 6.07) is -0.905. The smallest absolute Gasteiger partial charge is 0.408 e. The van der Waals surface area contributed by atoms with Crippen molar-refractivity contribution >= 4 is 23.7 Å². The van der Waals surface area contributed by atoms with Crippen LogP contribution in [0.4, 0.5) is 4.79 Å². The lowest BCUT2D eigenvalue weighted by Crippen LogP contribution is -2.45. The van der Waals surface area contributed by atoms with Gasteiger partial charge in [0.25, 0.3) is 0 Å². The molecule has 0 aliphatic heterocycles. The number of carbonyl (C=O) groups is 2. The summed E-state index contributed by atoms with van der Waals surface area (Å²) in [6.45, 7) is 5.33. The Labute approximate surface area is 131 Å². The summed E-state index contributed by atoms with van der Waals surface area (Å²) in [4.78, 5) is 23.8. The number of carbonyl (C=O) groups excluding carboxylic acids is 2. The number of hydrogen-bond donors (Lipinski definition) is 1. The molecule has 0 heterocycles. The van der Waals surface area contributed by atoms with Gasteiger partial charge in [-0.15, -0.1) is 0 Å². The molecule has 122 valence electrons. The molecule has 0 unspecified atom stereocenters. The topological polar surface area (TPSA) is 64.6 Å². The summed E-state index contributed by atoms with van der Waals surface area (Å²) in [7, 11) is 0. The van der Waals surface area contributed by atoms with E-state index in [0.29, 0.717) is 12.3 Å². The number of halogens is 1. The monoisotopic (exact) mass is 319 g/mol. The molecule has 0 radical (unpaired) electrons. The van der Waals surface area contributed by atoms with Gasteiger partial charge in [0.1, 0.15) is 11.6 Å². The normalized spacial score (nSPS) is 17.9. The Kier molecular flexibility index (Phi) is 7.29. The minimum atomic E-state index is -0.693. The van der Waals surface area contributed by atoms with Crippen molar-refractivity contribution in [1.82, 2.24) is 5.32 Å². The van der Waals surface area contributed by atoms with Gasteiger partial charge in [-0.1, -0.05) is 43.7 Å². The molecule has 1 saturated carbocycles. The Morgan fingerprint density at radius 2 is 1.86 bits per heavy atom. The summed E-state index contributed by atoms with van der Waals surface area (Å²) in [5, 5.41) is 2.61. The Balaban J connectivity index is 2.58. The first-order chi connectivity index (χ1) is 9.81. The molecule has 1 atom stereocenters. The fourth-order valence-corrected chi connectivity index (χ4v) is 2.68. The summed E-state index contributed by atoms with van der Waals surface area (Å²) in [5.74, 6) is -0.0667. The van der Waals surface area contributed by atoms with Crippen molar-refractivity contribution in [2.45, 2.75) is 70.9 Å². The Hall–Kier alpha value is -0.970. The lowest BCUT2D eigenvalue weighted by Gasteiger charge is -2.27. The van der Waals surface area contributed by atoms with Crippen molar-refractivity contribution in [3.8, 4) is 0 Å². The Morgan fingerprint density at radius 3 is 2.38 bits per heavy atom. The molecule has 21 heavy (non-hydrogen) atoms. The van der Waals surface area contributed by atoms with E-state index in [4.69, 9.17) is 21.1 Å². The molecule has 1 amide bonds. The maximum atomic E-state index is 11.9. The van der Waals surface area contributed by atoms with E-state index in [2.05, 4.69) is 5.32 Å². The van der Waals surface area contributed by atoms with Gasteiger partial charge in [0.15, 0.2) is 6.07 Å². The molecule has 1 aliphatic rings. The van der Waals surface area contributed by atoms with Gasteiger partial charge in [-0.3, -0.25) is 0 Å². The molecule has 0 aromatic carbocycles. The van der Waals surface area contributed by atoms with Gasteiger partial charge in [-0.2, -0.15) is 0 Å². The van der Waals surface area contributed by atoms with Crippen molar-refractivity contribution in [3.63, 3.8) is 0 Å². The van der Waals surface area contributed by atoms with E-state index in [-0.39, 0.29) is 6.07 Å². The zero-order valence-corrected chi connectivity index (χ0v) is 13.9. The second-order valence-electron chi connectivity index (χ2n) is 6.51. The second kappa shape index (κ2) is 8.47. The minimum absolute atomic E-state index is 0.212. The molecule has 0 aromatic rings. The van der Waals surface area contributed by atoms with E-state index >= 15 is 0 Å². The number of ether oxygens (including phenoxy) is 2. The molecule has 0 aromatic heterocycles. The first kappa shape index (κ1) is 18.1. The van der Waals surface area contributed by atoms with Crippen LogP contribution in [-0.2, 0) is 14.3 Å². The van der Waals surface area contributed by atoms with Crippen LogP contribution in [0.15, 0.2) is 0 Å². The number of alkyl carbamates (subject to hydrolysis) is 1. The standard InChI is InChI=1S/C15H26ClNO4/c1-15(2,3)21-14(19)17-12(13(18)20-10-16)9-11-7-5-4-6-8-11/h11-12H,4-10H2,1-3H3,(H,17,19)/t12-/m0/s1. The van der Waals surface area contributed by atoms with Gasteiger partial charge in [0, 0.05) is 0 Å². The number of rotatable bonds is 5. The van der Waals surface area contributed by atoms with E-state index in [1.165, 1.54) is 19.3 Å². The first-order valence-electron chi connectivity index (χ1n) is 7.54. The minimum Gasteiger partial charge on any atom is -0.448 e. The van der Waals surface area contributed by atoms with Crippen LogP contribution in [-0.4, -0.2) is 29.8 Å². The van der Waals surface area contributed by atoms with E-state index in [1.54, 1.807) is 20.8 Å². The van der Waals surface area contributed by atoms with Crippen LogP contribution in [0.1, 0.15) is 59.3 Å². The van der Waals surface area contributed by atoms with Gasteiger partial charge >= 0.3 is 12.1 Å². The molecule has 0 saturated heterocycles. The summed E-state index contributed by atoms with van der Waals surface area (Å²) in [6.07, 6.45) is 5.74. The molecule has 0 spiro atoms. The number of alkyl halides is 1. The van der Waals surface area contributed by atoms with Crippen LogP contribution in [0.2, 0.25) is 0 Å². The largest absolute Gasteiger partial charge is 0.448 e. The highest BCUT2D eigenvalue weighted by Gasteiger charge is 2.28. The zero-order valence-electron chi connectivity index (χ0n) is 13.1. The lowest BCUT2D eigenvalue weighted by molar-refractivity contribution is -0.144. The van der Waals surface area contributed by atoms with Gasteiger partial charge in [-0.05, 0) is 33.1 Å². The molecule has 1 rings (SSSR count). The highest BCUT2D eigenvalue weighted by Crippen LogP contribution is 2.27. The van der Waals surface area contributed by atoms with Crippen LogP contribution in [0.5, 0.6) is 0 Å². The molecular formula is C15H26ClNO4. The van der Waals surface area contributed by atoms with Crippen molar-refractivity contribution < 1.29 is 19.1 Å². The third kappa shape index (κ3) is 7.55. The molecule has 1 N–H and O–H groups in total. The van der Waals surface area contributed by atoms with Crippen molar-refractivity contribution in [3.05, 3.63) is 0 Å². The van der Waals surface area contributed by atoms with Gasteiger partial charge in [0.05, 0.1) is 0 Å². The highest BCUT2D eigenvalue weighted by atomic mass is 35.5. The van der Waals surface area contributed by atoms with Crippen molar-refractivity contribution in [2.24, 2.45) is 5.92 Å². The highest BCUT2D eigenvalue weighted by molar-refractivity contribution is 6.17. The number of hydrogen-bond acceptors (Lipinski definition) is 4. The Bertz CT molecular complexity index is 348. The van der Waals surface area contributed by atoms with E-state index in [0.717, 1.165) is 12.8 Å². The molecule has 6 heteroatoms. The second-order valence-corrected chi connectivity index (χ2v) is 6.73. The third-order valence-electron chi connectivity index (χ3n) is 3.47. The molecule has 1 aliphatic carbocycles. The maximum absolute atomic E-state index is 11.9. The van der Waals surface area contributed by atoms with Crippen LogP contribution in [0, 0.1) is 5.92 Å². The molecule has 5 nitrogen and oxygen atoms in total. The number of amides is 1. The average molecular weight is 320 g/mol. The predicted molar refractivity (Wildman–Crippen MR) is 81.2 cm³/mol. The maximum Gasteiger partial charge on any atom is 0.408 e. The predicted octanol–water partition coefficient (Wildman–Crippen LogP) is 3.59. The molecule has 0 bridgehead atoms. The number of nitrogens with one attached hydrogen (secondary N) is 1. The van der Waals surface area contributed by atoms with E-state index in [1.807, 2.05) is 0 Å². The number of esters is 1. The van der Waals surface area contributed by atoms with Gasteiger partial charge in [-0.25, -0.2) is 9.59 Å². The molecule has 1 fully saturated rings. The third-order valence-corrected chi connectivity index (χ3v) is 3.58. The van der Waals surface area contributed by atoms with Gasteiger partial charge < -0.3 is 14.8 Å². The van der Waals surface area contributed by atoms with Crippen LogP contribution >= 0.6 is 11.6 Å². The van der Waals surface area contributed by atoms with E-state index in [9.17, 15) is 9.59 Å². The fraction of sp³-hybridized carbons (Fsp3) is 0.867. The zero-order chi connectivity index (χ0) is 15.9. The van der Waals surface area contributed by atoms with Crippen molar-refractivity contribution in [1.29, 1.82) is 0 Å². The van der Waals surface area contributed by atoms with E-state index < -0.39 is 23.7 Å². The Morgan fingerprint density at radius 1 is 1.24 bits per heavy atom. The quantitative estimate of drug-likeness (QED) is 0.621. The first-order valence-corrected chi connectivity index (χ1v) is 8.07. The fourth-order valence-electron chi connectivity index (χ4n) is 2.57. The van der Waals surface area contributed by atoms with Crippen LogP contribution in [0.3, 0.4) is 0 Å². The van der Waals surface area contributed by atoms with Crippen molar-refractivity contribution in [2.75, 3.05) is 6.07 Å². The SMILES string of the molecule is CC(C)(C)OC(=O)N[C@@H](CC1CCCCC1)C(=O)OCCl. The summed E-state index contributed by atoms with van der Waals surface area (Å²) < 4.78 is 10.0. The van der Waals surface area contributed by atoms with Crippen LogP contribution < -0.4 is 5.32 Å². The van der Waals surface area contributed by atoms with Crippen LogP contribution in [0.25, 0.3) is 0 Å². The average Bonchev–Trinajstić information content (AvgIpc) is 2.37. The molecular weight excluding hydrogens is 294 g/mol. The summed E-state index contributed by atoms with van der Waals surface area (Å²) >= 11 is 5.44. The lowest BCUT2D eigenvalue weighted by atomic mass is 9.85. The van der Waals surface area contributed by atoms with Gasteiger partial charge in [0.2, 0.25) is 0 Å².